The number of aliphatic hydroxyl groups is 1. The maximum absolute atomic E-state index is 12.9. The standard InChI is InChI=1S/C64H105O11P/c1-4-7-10-13-16-19-22-25-27-29-30-32-34-37-40-43-46-49-52-55-64(68)75-61(57-71-62(66)53-50-47-44-41-38-35-24-21-18-15-12-9-6-3)59-73-76(69,70)72-58-60(56-65)74-63(67)54-51-48-45-42-39-36-33-31-28-26-23-20-17-14-11-8-5-2/h7-12,16-21,25-28,30,32,35,38,60-61,65H,4-6,13-15,22-24,29,31,33-34,36-37,39-59H2,1-3H3,(H,69,70)/b10-7-,11-8-,12-9-,19-16-,20-17-,21-18-,27-25-,28-26-,32-30-,38-35-. The fourth-order valence-electron chi connectivity index (χ4n) is 7.49. The van der Waals surface area contributed by atoms with Crippen LogP contribution in [-0.4, -0.2) is 66.5 Å². The SMILES string of the molecule is CC/C=C\C/C=C\C/C=C\C/C=C\CCCCCCCCC(=O)OC(COC(=O)CCCCC/C=C\C/C=C\C/C=C\CC)COP(=O)(O)OCC(CO)OC(=O)CCCCCCCCC/C=C\C/C=C\C/C=C\CC. The van der Waals surface area contributed by atoms with Crippen LogP contribution in [0.15, 0.2) is 122 Å². The third-order valence-electron chi connectivity index (χ3n) is 11.9. The summed E-state index contributed by atoms with van der Waals surface area (Å²) in [6.45, 7) is 4.24. The number of phosphoric acid groups is 1. The Kier molecular flexibility index (Phi) is 54.0. The van der Waals surface area contributed by atoms with Gasteiger partial charge >= 0.3 is 25.7 Å². The number of allylic oxidation sites excluding steroid dienone is 20. The molecule has 76 heavy (non-hydrogen) atoms. The zero-order chi connectivity index (χ0) is 55.5. The number of unbranched alkanes of at least 4 members (excludes halogenated alkanes) is 16. The van der Waals surface area contributed by atoms with E-state index in [0.717, 1.165) is 161 Å². The molecule has 0 rings (SSSR count). The summed E-state index contributed by atoms with van der Waals surface area (Å²) in [4.78, 5) is 48.6. The molecule has 11 nitrogen and oxygen atoms in total. The van der Waals surface area contributed by atoms with Gasteiger partial charge < -0.3 is 24.2 Å². The van der Waals surface area contributed by atoms with E-state index in [-0.39, 0.29) is 25.9 Å². The van der Waals surface area contributed by atoms with Gasteiger partial charge in [-0.05, 0) is 122 Å². The van der Waals surface area contributed by atoms with Crippen LogP contribution in [0.3, 0.4) is 0 Å². The summed E-state index contributed by atoms with van der Waals surface area (Å²) in [5.41, 5.74) is 0. The average Bonchev–Trinajstić information content (AvgIpc) is 3.41. The Hall–Kier alpha value is -4.12. The van der Waals surface area contributed by atoms with E-state index < -0.39 is 57.8 Å². The summed E-state index contributed by atoms with van der Waals surface area (Å²) in [6.07, 6.45) is 70.1. The molecule has 0 amide bonds. The molecule has 12 heteroatoms. The number of esters is 3. The highest BCUT2D eigenvalue weighted by Gasteiger charge is 2.28. The van der Waals surface area contributed by atoms with Crippen LogP contribution in [0.1, 0.15) is 226 Å². The van der Waals surface area contributed by atoms with Gasteiger partial charge in [-0.25, -0.2) is 4.57 Å². The van der Waals surface area contributed by atoms with Crippen LogP contribution in [0.2, 0.25) is 0 Å². The topological polar surface area (TPSA) is 155 Å². The van der Waals surface area contributed by atoms with Crippen molar-refractivity contribution in [2.75, 3.05) is 26.4 Å². The van der Waals surface area contributed by atoms with E-state index in [4.69, 9.17) is 23.3 Å². The van der Waals surface area contributed by atoms with Crippen molar-refractivity contribution in [2.45, 2.75) is 238 Å². The van der Waals surface area contributed by atoms with E-state index >= 15 is 0 Å². The molecule has 432 valence electrons. The van der Waals surface area contributed by atoms with Gasteiger partial charge in [-0.15, -0.1) is 0 Å². The second kappa shape index (κ2) is 57.1. The highest BCUT2D eigenvalue weighted by Crippen LogP contribution is 2.43. The largest absolute Gasteiger partial charge is 0.472 e. The first-order chi connectivity index (χ1) is 37.2. The van der Waals surface area contributed by atoms with Gasteiger partial charge in [0.25, 0.3) is 0 Å². The zero-order valence-corrected chi connectivity index (χ0v) is 48.6. The fraction of sp³-hybridized carbons (Fsp3) is 0.641. The maximum atomic E-state index is 12.9. The summed E-state index contributed by atoms with van der Waals surface area (Å²) in [5.74, 6) is -1.54. The second-order valence-corrected chi connectivity index (χ2v) is 20.5. The highest BCUT2D eigenvalue weighted by atomic mass is 31.2. The lowest BCUT2D eigenvalue weighted by Crippen LogP contribution is -2.30. The Morgan fingerprint density at radius 1 is 0.368 bits per heavy atom. The number of hydrogen-bond donors (Lipinski definition) is 2. The van der Waals surface area contributed by atoms with Crippen molar-refractivity contribution in [3.8, 4) is 0 Å². The molecule has 0 saturated heterocycles. The Bertz CT molecular complexity index is 1740. The Morgan fingerprint density at radius 2 is 0.645 bits per heavy atom. The lowest BCUT2D eigenvalue weighted by molar-refractivity contribution is -0.161. The minimum Gasteiger partial charge on any atom is -0.462 e. The number of phosphoric ester groups is 1. The van der Waals surface area contributed by atoms with Gasteiger partial charge in [0.2, 0.25) is 0 Å². The lowest BCUT2D eigenvalue weighted by Gasteiger charge is -2.21. The molecule has 0 aromatic rings. The van der Waals surface area contributed by atoms with Crippen LogP contribution >= 0.6 is 7.82 Å². The summed E-state index contributed by atoms with van der Waals surface area (Å²) < 4.78 is 39.5. The number of ether oxygens (including phenoxy) is 3. The molecule has 0 saturated carbocycles. The van der Waals surface area contributed by atoms with E-state index in [1.807, 2.05) is 0 Å². The molecule has 0 aliphatic heterocycles. The molecule has 3 atom stereocenters. The van der Waals surface area contributed by atoms with Crippen molar-refractivity contribution in [3.63, 3.8) is 0 Å². The first kappa shape index (κ1) is 71.9. The molecule has 0 fully saturated rings. The van der Waals surface area contributed by atoms with Crippen LogP contribution in [0.25, 0.3) is 0 Å². The Labute approximate surface area is 462 Å². The number of aliphatic hydroxyl groups excluding tert-OH is 1. The minimum absolute atomic E-state index is 0.138. The maximum Gasteiger partial charge on any atom is 0.472 e. The summed E-state index contributed by atoms with van der Waals surface area (Å²) in [7, 11) is -4.77. The van der Waals surface area contributed by atoms with Crippen molar-refractivity contribution >= 4 is 25.7 Å². The van der Waals surface area contributed by atoms with Crippen LogP contribution < -0.4 is 0 Å². The van der Waals surface area contributed by atoms with E-state index in [1.54, 1.807) is 0 Å². The van der Waals surface area contributed by atoms with Crippen molar-refractivity contribution < 1.29 is 52.2 Å². The van der Waals surface area contributed by atoms with Gasteiger partial charge in [0.15, 0.2) is 6.10 Å². The highest BCUT2D eigenvalue weighted by molar-refractivity contribution is 7.47. The third-order valence-corrected chi connectivity index (χ3v) is 12.8. The molecule has 0 aromatic carbocycles. The van der Waals surface area contributed by atoms with Gasteiger partial charge in [-0.3, -0.25) is 23.4 Å². The number of hydrogen-bond acceptors (Lipinski definition) is 10. The van der Waals surface area contributed by atoms with Gasteiger partial charge in [0.1, 0.15) is 12.7 Å². The molecule has 0 spiro atoms. The normalized spacial score (nSPS) is 14.2. The third kappa shape index (κ3) is 54.7. The molecule has 0 heterocycles. The van der Waals surface area contributed by atoms with Gasteiger partial charge in [0.05, 0.1) is 19.8 Å². The molecular formula is C64H105O11P. The van der Waals surface area contributed by atoms with Crippen LogP contribution in [0, 0.1) is 0 Å². The van der Waals surface area contributed by atoms with Crippen molar-refractivity contribution in [2.24, 2.45) is 0 Å². The number of carbonyl (C=O) groups is 3. The van der Waals surface area contributed by atoms with E-state index in [9.17, 15) is 28.9 Å². The van der Waals surface area contributed by atoms with Crippen LogP contribution in [0.5, 0.6) is 0 Å². The van der Waals surface area contributed by atoms with Gasteiger partial charge in [-0.2, -0.15) is 0 Å². The van der Waals surface area contributed by atoms with Gasteiger partial charge in [0, 0.05) is 19.3 Å². The molecule has 3 unspecified atom stereocenters. The van der Waals surface area contributed by atoms with E-state index in [0.29, 0.717) is 19.3 Å². The van der Waals surface area contributed by atoms with E-state index in [1.165, 1.54) is 6.42 Å². The molecule has 0 aromatic heterocycles. The number of carbonyl (C=O) groups excluding carboxylic acids is 3. The predicted molar refractivity (Wildman–Crippen MR) is 316 cm³/mol. The zero-order valence-electron chi connectivity index (χ0n) is 47.7. The molecular weight excluding hydrogens is 976 g/mol. The van der Waals surface area contributed by atoms with Crippen LogP contribution in [0.4, 0.5) is 0 Å². The quantitative estimate of drug-likeness (QED) is 0.0197. The summed E-state index contributed by atoms with van der Waals surface area (Å²) in [6, 6.07) is 0. The first-order valence-electron chi connectivity index (χ1n) is 29.4. The fourth-order valence-corrected chi connectivity index (χ4v) is 8.28. The van der Waals surface area contributed by atoms with E-state index in [2.05, 4.69) is 142 Å². The smallest absolute Gasteiger partial charge is 0.462 e. The Morgan fingerprint density at radius 3 is 1.00 bits per heavy atom. The molecule has 0 bridgehead atoms. The predicted octanol–water partition coefficient (Wildman–Crippen LogP) is 17.6. The molecule has 2 N–H and O–H groups in total. The van der Waals surface area contributed by atoms with Crippen molar-refractivity contribution in [1.82, 2.24) is 0 Å². The van der Waals surface area contributed by atoms with Gasteiger partial charge in [-0.1, -0.05) is 206 Å². The minimum atomic E-state index is -4.77. The molecule has 0 aliphatic carbocycles. The molecule has 0 radical (unpaired) electrons. The van der Waals surface area contributed by atoms with Crippen molar-refractivity contribution in [3.05, 3.63) is 122 Å². The number of rotatable bonds is 53. The van der Waals surface area contributed by atoms with Crippen molar-refractivity contribution in [1.29, 1.82) is 0 Å². The second-order valence-electron chi connectivity index (χ2n) is 19.0. The summed E-state index contributed by atoms with van der Waals surface area (Å²) >= 11 is 0. The summed E-state index contributed by atoms with van der Waals surface area (Å²) in [5, 5.41) is 9.83. The first-order valence-corrected chi connectivity index (χ1v) is 30.9. The Balaban J connectivity index is 4.77. The van der Waals surface area contributed by atoms with Crippen LogP contribution in [-0.2, 0) is 42.2 Å². The lowest BCUT2D eigenvalue weighted by atomic mass is 10.1. The average molecular weight is 1080 g/mol. The molecule has 0 aliphatic rings. The monoisotopic (exact) mass is 1080 g/mol.